The molecule has 1 fully saturated rings. The average molecular weight is 339 g/mol. The molecule has 1 N–H and O–H groups in total. The van der Waals surface area contributed by atoms with Gasteiger partial charge in [-0.25, -0.2) is 0 Å². The zero-order chi connectivity index (χ0) is 15.1. The summed E-state index contributed by atoms with van der Waals surface area (Å²) in [7, 11) is 0. The highest BCUT2D eigenvalue weighted by molar-refractivity contribution is 9.10. The van der Waals surface area contributed by atoms with Gasteiger partial charge < -0.3 is 10.2 Å². The maximum atomic E-state index is 13.0. The third-order valence-electron chi connectivity index (χ3n) is 3.91. The van der Waals surface area contributed by atoms with Gasteiger partial charge >= 0.3 is 0 Å². The zero-order valence-corrected chi connectivity index (χ0v) is 14.5. The minimum Gasteiger partial charge on any atom is -0.313 e. The maximum Gasteiger partial charge on any atom is 0.234 e. The van der Waals surface area contributed by atoms with Gasteiger partial charge in [0.05, 0.1) is 11.0 Å². The molecular formula is C16H23BrN2O. The first-order chi connectivity index (χ1) is 9.15. The molecular weight excluding hydrogens is 316 g/mol. The summed E-state index contributed by atoms with van der Waals surface area (Å²) in [5.74, 6) is 0.175. The topological polar surface area (TPSA) is 32.3 Å². The van der Waals surface area contributed by atoms with Crippen LogP contribution in [-0.2, 0) is 4.79 Å². The largest absolute Gasteiger partial charge is 0.313 e. The van der Waals surface area contributed by atoms with E-state index in [0.29, 0.717) is 6.54 Å². The molecule has 20 heavy (non-hydrogen) atoms. The standard InChI is InChI=1S/C16H23BrN2O/c1-11-8-12(6-7-13(11)17)19-14(20)15(2,3)9-18-10-16(19,4)5/h6-8,18H,9-10H2,1-5H3. The molecule has 0 aromatic heterocycles. The lowest BCUT2D eigenvalue weighted by atomic mass is 9.90. The van der Waals surface area contributed by atoms with Gasteiger partial charge in [0.2, 0.25) is 5.91 Å². The van der Waals surface area contributed by atoms with Crippen LogP contribution in [0.25, 0.3) is 0 Å². The molecule has 0 bridgehead atoms. The molecule has 0 atom stereocenters. The molecule has 2 rings (SSSR count). The highest BCUT2D eigenvalue weighted by Gasteiger charge is 2.42. The van der Waals surface area contributed by atoms with E-state index in [1.807, 2.05) is 37.8 Å². The molecule has 4 heteroatoms. The first-order valence-electron chi connectivity index (χ1n) is 6.97. The molecule has 1 saturated heterocycles. The van der Waals surface area contributed by atoms with Gasteiger partial charge in [-0.3, -0.25) is 4.79 Å². The van der Waals surface area contributed by atoms with Gasteiger partial charge in [-0.05, 0) is 58.4 Å². The van der Waals surface area contributed by atoms with E-state index in [1.165, 1.54) is 0 Å². The lowest BCUT2D eigenvalue weighted by Crippen LogP contribution is -2.53. The Balaban J connectivity index is 2.52. The van der Waals surface area contributed by atoms with Crippen molar-refractivity contribution < 1.29 is 4.79 Å². The molecule has 3 nitrogen and oxygen atoms in total. The molecule has 0 radical (unpaired) electrons. The Kier molecular flexibility index (Phi) is 4.00. The van der Waals surface area contributed by atoms with E-state index in [2.05, 4.69) is 41.2 Å². The third-order valence-corrected chi connectivity index (χ3v) is 4.80. The number of hydrogen-bond acceptors (Lipinski definition) is 2. The number of halogens is 1. The summed E-state index contributed by atoms with van der Waals surface area (Å²) >= 11 is 3.52. The fourth-order valence-corrected chi connectivity index (χ4v) is 2.89. The highest BCUT2D eigenvalue weighted by atomic mass is 79.9. The van der Waals surface area contributed by atoms with Crippen molar-refractivity contribution in [2.24, 2.45) is 5.41 Å². The number of benzene rings is 1. The molecule has 1 heterocycles. The van der Waals surface area contributed by atoms with Gasteiger partial charge in [-0.2, -0.15) is 0 Å². The maximum absolute atomic E-state index is 13.0. The summed E-state index contributed by atoms with van der Waals surface area (Å²) < 4.78 is 1.07. The summed E-state index contributed by atoms with van der Waals surface area (Å²) in [5, 5.41) is 3.41. The Morgan fingerprint density at radius 1 is 1.20 bits per heavy atom. The van der Waals surface area contributed by atoms with Crippen molar-refractivity contribution in [3.63, 3.8) is 0 Å². The summed E-state index contributed by atoms with van der Waals surface area (Å²) in [4.78, 5) is 14.9. The van der Waals surface area contributed by atoms with Crippen LogP contribution in [0.3, 0.4) is 0 Å². The summed E-state index contributed by atoms with van der Waals surface area (Å²) in [6, 6.07) is 6.10. The van der Waals surface area contributed by atoms with Crippen LogP contribution in [0, 0.1) is 12.3 Å². The van der Waals surface area contributed by atoms with Crippen LogP contribution in [0.2, 0.25) is 0 Å². The number of anilines is 1. The van der Waals surface area contributed by atoms with Gasteiger partial charge in [-0.15, -0.1) is 0 Å². The van der Waals surface area contributed by atoms with E-state index in [4.69, 9.17) is 0 Å². The molecule has 110 valence electrons. The Morgan fingerprint density at radius 3 is 2.45 bits per heavy atom. The Labute approximate surface area is 129 Å². The van der Waals surface area contributed by atoms with Gasteiger partial charge in [-0.1, -0.05) is 15.9 Å². The van der Waals surface area contributed by atoms with Crippen molar-refractivity contribution in [2.75, 3.05) is 18.0 Å². The van der Waals surface area contributed by atoms with E-state index >= 15 is 0 Å². The van der Waals surface area contributed by atoms with Crippen LogP contribution >= 0.6 is 15.9 Å². The van der Waals surface area contributed by atoms with Crippen molar-refractivity contribution in [1.82, 2.24) is 5.32 Å². The van der Waals surface area contributed by atoms with Crippen LogP contribution in [-0.4, -0.2) is 24.5 Å². The number of amides is 1. The van der Waals surface area contributed by atoms with Gasteiger partial charge in [0.1, 0.15) is 0 Å². The van der Waals surface area contributed by atoms with E-state index in [0.717, 1.165) is 22.3 Å². The fraction of sp³-hybridized carbons (Fsp3) is 0.562. The van der Waals surface area contributed by atoms with Crippen molar-refractivity contribution in [1.29, 1.82) is 0 Å². The molecule has 1 aromatic rings. The van der Waals surface area contributed by atoms with Crippen molar-refractivity contribution in [3.05, 3.63) is 28.2 Å². The molecule has 0 unspecified atom stereocenters. The Morgan fingerprint density at radius 2 is 1.85 bits per heavy atom. The zero-order valence-electron chi connectivity index (χ0n) is 12.9. The van der Waals surface area contributed by atoms with Crippen LogP contribution in [0.4, 0.5) is 5.69 Å². The van der Waals surface area contributed by atoms with Crippen LogP contribution in [0.15, 0.2) is 22.7 Å². The second kappa shape index (κ2) is 5.15. The van der Waals surface area contributed by atoms with Crippen molar-refractivity contribution in [3.8, 4) is 0 Å². The molecule has 1 amide bonds. The minimum absolute atomic E-state index is 0.175. The van der Waals surface area contributed by atoms with Gasteiger partial charge in [0.25, 0.3) is 0 Å². The van der Waals surface area contributed by atoms with Crippen LogP contribution < -0.4 is 10.2 Å². The predicted octanol–water partition coefficient (Wildman–Crippen LogP) is 3.50. The lowest BCUT2D eigenvalue weighted by molar-refractivity contribution is -0.126. The normalized spacial score (nSPS) is 21.7. The highest BCUT2D eigenvalue weighted by Crippen LogP contribution is 2.34. The molecule has 1 aromatic carbocycles. The van der Waals surface area contributed by atoms with E-state index < -0.39 is 5.41 Å². The van der Waals surface area contributed by atoms with Crippen molar-refractivity contribution >= 4 is 27.5 Å². The Bertz CT molecular complexity index is 537. The average Bonchev–Trinajstić information content (AvgIpc) is 2.39. The van der Waals surface area contributed by atoms with E-state index in [1.54, 1.807) is 0 Å². The quantitative estimate of drug-likeness (QED) is 0.849. The molecule has 0 saturated carbocycles. The summed E-state index contributed by atoms with van der Waals surface area (Å²) in [5.41, 5.74) is 1.47. The lowest BCUT2D eigenvalue weighted by Gasteiger charge is -2.39. The van der Waals surface area contributed by atoms with Gasteiger partial charge in [0, 0.05) is 23.2 Å². The monoisotopic (exact) mass is 338 g/mol. The first kappa shape index (κ1) is 15.5. The molecule has 1 aliphatic heterocycles. The second-order valence-electron chi connectivity index (χ2n) is 6.87. The van der Waals surface area contributed by atoms with Crippen LogP contribution in [0.5, 0.6) is 0 Å². The number of hydrogen-bond donors (Lipinski definition) is 1. The smallest absolute Gasteiger partial charge is 0.234 e. The van der Waals surface area contributed by atoms with Crippen molar-refractivity contribution in [2.45, 2.75) is 40.2 Å². The SMILES string of the molecule is Cc1cc(N2C(=O)C(C)(C)CNCC2(C)C)ccc1Br. The molecule has 0 aliphatic carbocycles. The molecule has 0 spiro atoms. The first-order valence-corrected chi connectivity index (χ1v) is 7.76. The predicted molar refractivity (Wildman–Crippen MR) is 87.1 cm³/mol. The van der Waals surface area contributed by atoms with E-state index in [-0.39, 0.29) is 11.4 Å². The number of nitrogens with one attached hydrogen (secondary N) is 1. The number of rotatable bonds is 1. The van der Waals surface area contributed by atoms with Gasteiger partial charge in [0.15, 0.2) is 0 Å². The number of carbonyl (C=O) groups excluding carboxylic acids is 1. The van der Waals surface area contributed by atoms with E-state index in [9.17, 15) is 4.79 Å². The molecule has 1 aliphatic rings. The van der Waals surface area contributed by atoms with Crippen LogP contribution in [0.1, 0.15) is 33.3 Å². The number of aryl methyl sites for hydroxylation is 1. The summed E-state index contributed by atoms with van der Waals surface area (Å²) in [6.07, 6.45) is 0. The minimum atomic E-state index is -0.394. The second-order valence-corrected chi connectivity index (χ2v) is 7.73. The third kappa shape index (κ3) is 2.77. The number of carbonyl (C=O) groups is 1. The fourth-order valence-electron chi connectivity index (χ4n) is 2.65. The Hall–Kier alpha value is -0.870. The number of nitrogens with zero attached hydrogens (tertiary/aromatic N) is 1. The summed E-state index contributed by atoms with van der Waals surface area (Å²) in [6.45, 7) is 11.8.